The monoisotopic (exact) mass is 450 g/mol. The molecule has 2 aromatic carbocycles. The Morgan fingerprint density at radius 2 is 1.79 bits per heavy atom. The number of aryl methyl sites for hydroxylation is 2. The van der Waals surface area contributed by atoms with Crippen molar-refractivity contribution < 1.29 is 14.3 Å². The van der Waals surface area contributed by atoms with Crippen molar-refractivity contribution in [3.8, 4) is 5.75 Å². The molecule has 3 rings (SSSR count). The lowest BCUT2D eigenvalue weighted by Crippen LogP contribution is -2.50. The summed E-state index contributed by atoms with van der Waals surface area (Å²) in [6.07, 6.45) is 5.94. The van der Waals surface area contributed by atoms with Crippen molar-refractivity contribution in [2.45, 2.75) is 84.3 Å². The molecule has 33 heavy (non-hydrogen) atoms. The van der Waals surface area contributed by atoms with Crippen LogP contribution in [0.25, 0.3) is 0 Å². The highest BCUT2D eigenvalue weighted by Crippen LogP contribution is 2.20. The second-order valence-electron chi connectivity index (χ2n) is 9.19. The first-order valence-electron chi connectivity index (χ1n) is 12.3. The third kappa shape index (κ3) is 7.62. The van der Waals surface area contributed by atoms with E-state index in [1.54, 1.807) is 4.90 Å². The summed E-state index contributed by atoms with van der Waals surface area (Å²) in [5.41, 5.74) is 3.38. The highest BCUT2D eigenvalue weighted by Gasteiger charge is 2.30. The maximum atomic E-state index is 13.3. The van der Waals surface area contributed by atoms with Gasteiger partial charge in [0.2, 0.25) is 11.8 Å². The van der Waals surface area contributed by atoms with Crippen LogP contribution in [0.1, 0.15) is 68.6 Å². The van der Waals surface area contributed by atoms with Crippen LogP contribution in [0, 0.1) is 13.8 Å². The Balaban J connectivity index is 1.64. The molecule has 1 fully saturated rings. The summed E-state index contributed by atoms with van der Waals surface area (Å²) in [6, 6.07) is 15.9. The third-order valence-corrected chi connectivity index (χ3v) is 6.35. The molecule has 2 amide bonds. The van der Waals surface area contributed by atoms with Crippen LogP contribution in [-0.2, 0) is 16.1 Å². The Bertz CT molecular complexity index is 904. The van der Waals surface area contributed by atoms with Gasteiger partial charge in [0.15, 0.2) is 0 Å². The molecule has 0 aromatic heterocycles. The Morgan fingerprint density at radius 1 is 1.06 bits per heavy atom. The number of nitrogens with one attached hydrogen (secondary N) is 1. The number of hydrogen-bond donors (Lipinski definition) is 1. The fourth-order valence-corrected chi connectivity index (χ4v) is 4.49. The van der Waals surface area contributed by atoms with Gasteiger partial charge < -0.3 is 15.0 Å². The lowest BCUT2D eigenvalue weighted by atomic mass is 10.1. The van der Waals surface area contributed by atoms with Crippen molar-refractivity contribution >= 4 is 11.8 Å². The molecule has 0 saturated heterocycles. The molecular formula is C28H38N2O3. The van der Waals surface area contributed by atoms with E-state index < -0.39 is 6.04 Å². The molecule has 0 radical (unpaired) electrons. The van der Waals surface area contributed by atoms with Crippen LogP contribution in [-0.4, -0.2) is 35.4 Å². The minimum absolute atomic E-state index is 0.00238. The summed E-state index contributed by atoms with van der Waals surface area (Å²) in [5, 5.41) is 3.20. The van der Waals surface area contributed by atoms with Crippen LogP contribution in [0.4, 0.5) is 0 Å². The second kappa shape index (κ2) is 12.4. The number of ether oxygens (including phenoxy) is 1. The number of hydrogen-bond acceptors (Lipinski definition) is 3. The molecule has 2 aromatic rings. The largest absolute Gasteiger partial charge is 0.494 e. The number of carbonyl (C=O) groups excluding carboxylic acids is 2. The SMILES string of the molecule is CC[C@H](C(=O)NC1CCCC1)N(Cc1cccc(C)c1)C(=O)CCCOc1ccc(C)cc1. The van der Waals surface area contributed by atoms with Crippen LogP contribution in [0.5, 0.6) is 5.75 Å². The quantitative estimate of drug-likeness (QED) is 0.471. The van der Waals surface area contributed by atoms with Crippen molar-refractivity contribution in [2.75, 3.05) is 6.61 Å². The van der Waals surface area contributed by atoms with E-state index in [4.69, 9.17) is 4.74 Å². The molecule has 1 atom stereocenters. The van der Waals surface area contributed by atoms with Crippen molar-refractivity contribution in [2.24, 2.45) is 0 Å². The zero-order valence-corrected chi connectivity index (χ0v) is 20.3. The molecule has 1 aliphatic carbocycles. The lowest BCUT2D eigenvalue weighted by Gasteiger charge is -2.31. The van der Waals surface area contributed by atoms with E-state index in [1.807, 2.05) is 63.2 Å². The second-order valence-corrected chi connectivity index (χ2v) is 9.19. The average Bonchev–Trinajstić information content (AvgIpc) is 3.30. The fourth-order valence-electron chi connectivity index (χ4n) is 4.49. The van der Waals surface area contributed by atoms with Crippen LogP contribution >= 0.6 is 0 Å². The van der Waals surface area contributed by atoms with Crippen LogP contribution in [0.15, 0.2) is 48.5 Å². The molecule has 0 aliphatic heterocycles. The Morgan fingerprint density at radius 3 is 2.45 bits per heavy atom. The minimum Gasteiger partial charge on any atom is -0.494 e. The van der Waals surface area contributed by atoms with E-state index in [0.717, 1.165) is 42.6 Å². The van der Waals surface area contributed by atoms with Crippen molar-refractivity contribution in [3.63, 3.8) is 0 Å². The maximum Gasteiger partial charge on any atom is 0.243 e. The molecule has 5 nitrogen and oxygen atoms in total. The zero-order chi connectivity index (χ0) is 23.6. The predicted molar refractivity (Wildman–Crippen MR) is 132 cm³/mol. The van der Waals surface area contributed by atoms with Crippen molar-refractivity contribution in [3.05, 3.63) is 65.2 Å². The summed E-state index contributed by atoms with van der Waals surface area (Å²) < 4.78 is 5.80. The maximum absolute atomic E-state index is 13.3. The average molecular weight is 451 g/mol. The summed E-state index contributed by atoms with van der Waals surface area (Å²) in [7, 11) is 0. The molecule has 1 saturated carbocycles. The van der Waals surface area contributed by atoms with Gasteiger partial charge in [-0.15, -0.1) is 0 Å². The van der Waals surface area contributed by atoms with Gasteiger partial charge in [-0.05, 0) is 57.2 Å². The van der Waals surface area contributed by atoms with Gasteiger partial charge in [-0.1, -0.05) is 67.3 Å². The number of benzene rings is 2. The van der Waals surface area contributed by atoms with Gasteiger partial charge in [0.1, 0.15) is 11.8 Å². The highest BCUT2D eigenvalue weighted by atomic mass is 16.5. The van der Waals surface area contributed by atoms with Gasteiger partial charge in [0.25, 0.3) is 0 Å². The van der Waals surface area contributed by atoms with E-state index in [0.29, 0.717) is 32.4 Å². The van der Waals surface area contributed by atoms with Crippen LogP contribution < -0.4 is 10.1 Å². The molecule has 0 bridgehead atoms. The van der Waals surface area contributed by atoms with E-state index in [-0.39, 0.29) is 17.9 Å². The van der Waals surface area contributed by atoms with Crippen LogP contribution in [0.2, 0.25) is 0 Å². The first kappa shape index (κ1) is 24.8. The molecule has 0 unspecified atom stereocenters. The zero-order valence-electron chi connectivity index (χ0n) is 20.3. The predicted octanol–water partition coefficient (Wildman–Crippen LogP) is 5.33. The van der Waals surface area contributed by atoms with Crippen LogP contribution in [0.3, 0.4) is 0 Å². The van der Waals surface area contributed by atoms with Gasteiger partial charge in [-0.2, -0.15) is 0 Å². The van der Waals surface area contributed by atoms with Gasteiger partial charge in [0, 0.05) is 19.0 Å². The number of rotatable bonds is 11. The molecule has 0 heterocycles. The van der Waals surface area contributed by atoms with Gasteiger partial charge in [-0.25, -0.2) is 0 Å². The van der Waals surface area contributed by atoms with Gasteiger partial charge in [-0.3, -0.25) is 9.59 Å². The van der Waals surface area contributed by atoms with Crippen molar-refractivity contribution in [1.82, 2.24) is 10.2 Å². The molecular weight excluding hydrogens is 412 g/mol. The van der Waals surface area contributed by atoms with Gasteiger partial charge >= 0.3 is 0 Å². The topological polar surface area (TPSA) is 58.6 Å². The summed E-state index contributed by atoms with van der Waals surface area (Å²) in [5.74, 6) is 0.783. The number of carbonyl (C=O) groups is 2. The fraction of sp³-hybridized carbons (Fsp3) is 0.500. The molecule has 1 aliphatic rings. The molecule has 178 valence electrons. The highest BCUT2D eigenvalue weighted by molar-refractivity contribution is 5.87. The molecule has 5 heteroatoms. The first-order chi connectivity index (χ1) is 16.0. The van der Waals surface area contributed by atoms with E-state index in [1.165, 1.54) is 5.56 Å². The normalized spacial score (nSPS) is 14.6. The first-order valence-corrected chi connectivity index (χ1v) is 12.3. The van der Waals surface area contributed by atoms with E-state index in [9.17, 15) is 9.59 Å². The van der Waals surface area contributed by atoms with E-state index in [2.05, 4.69) is 11.4 Å². The van der Waals surface area contributed by atoms with Crippen molar-refractivity contribution in [1.29, 1.82) is 0 Å². The Labute approximate surface area is 198 Å². The molecule has 1 N–H and O–H groups in total. The number of amides is 2. The Kier molecular flexibility index (Phi) is 9.35. The molecule has 0 spiro atoms. The van der Waals surface area contributed by atoms with E-state index >= 15 is 0 Å². The minimum atomic E-state index is -0.461. The Hall–Kier alpha value is -2.82. The lowest BCUT2D eigenvalue weighted by molar-refractivity contribution is -0.141. The summed E-state index contributed by atoms with van der Waals surface area (Å²) in [6.45, 7) is 6.98. The third-order valence-electron chi connectivity index (χ3n) is 6.35. The standard InChI is InChI=1S/C28H38N2O3/c1-4-26(28(32)29-24-11-5-6-12-24)30(20-23-10-7-9-22(3)19-23)27(31)13-8-18-33-25-16-14-21(2)15-17-25/h7,9-10,14-17,19,24,26H,4-6,8,11-13,18,20H2,1-3H3,(H,29,32)/t26-/m1/s1. The summed E-state index contributed by atoms with van der Waals surface area (Å²) in [4.78, 5) is 28.2. The van der Waals surface area contributed by atoms with Gasteiger partial charge in [0.05, 0.1) is 6.61 Å². The summed E-state index contributed by atoms with van der Waals surface area (Å²) >= 11 is 0. The smallest absolute Gasteiger partial charge is 0.243 e. The number of nitrogens with zero attached hydrogens (tertiary/aromatic N) is 1.